The molecule has 0 atom stereocenters. The van der Waals surface area contributed by atoms with Crippen LogP contribution in [0.3, 0.4) is 0 Å². The van der Waals surface area contributed by atoms with E-state index >= 15 is 0 Å². The van der Waals surface area contributed by atoms with Gasteiger partial charge >= 0.3 is 0 Å². The quantitative estimate of drug-likeness (QED) is 0.871. The zero-order valence-electron chi connectivity index (χ0n) is 11.4. The van der Waals surface area contributed by atoms with E-state index in [1.54, 1.807) is 0 Å². The molecule has 2 rings (SSSR count). The lowest BCUT2D eigenvalue weighted by Gasteiger charge is -2.12. The van der Waals surface area contributed by atoms with Crippen LogP contribution < -0.4 is 5.32 Å². The molecule has 96 valence electrons. The maximum atomic E-state index is 4.37. The van der Waals surface area contributed by atoms with E-state index in [2.05, 4.69) is 59.9 Å². The Balaban J connectivity index is 2.24. The number of hydrogen-bond acceptors (Lipinski definition) is 2. The van der Waals surface area contributed by atoms with Crippen molar-refractivity contribution in [2.24, 2.45) is 5.92 Å². The van der Waals surface area contributed by atoms with Crippen LogP contribution in [-0.2, 0) is 6.42 Å². The fraction of sp³-hybridized carbons (Fsp3) is 0.400. The standard InChI is InChI=1S/C15H21N3/c1-4-13-6-5-7-14(10-13)18-9-8-16-15(18)17-11-12(2)3/h5-10,12H,4,11H2,1-3H3,(H,16,17). The molecule has 0 aliphatic heterocycles. The Morgan fingerprint density at radius 3 is 2.89 bits per heavy atom. The average Bonchev–Trinajstić information content (AvgIpc) is 2.84. The van der Waals surface area contributed by atoms with E-state index in [9.17, 15) is 0 Å². The number of imidazole rings is 1. The van der Waals surface area contributed by atoms with Gasteiger partial charge < -0.3 is 5.32 Å². The van der Waals surface area contributed by atoms with Crippen LogP contribution >= 0.6 is 0 Å². The highest BCUT2D eigenvalue weighted by Gasteiger charge is 2.05. The van der Waals surface area contributed by atoms with Gasteiger partial charge in [-0.25, -0.2) is 4.98 Å². The number of aryl methyl sites for hydroxylation is 1. The molecule has 3 heteroatoms. The van der Waals surface area contributed by atoms with Gasteiger partial charge in [-0.2, -0.15) is 0 Å². The van der Waals surface area contributed by atoms with Crippen LogP contribution in [0.15, 0.2) is 36.7 Å². The van der Waals surface area contributed by atoms with E-state index < -0.39 is 0 Å². The highest BCUT2D eigenvalue weighted by Crippen LogP contribution is 2.16. The van der Waals surface area contributed by atoms with Crippen molar-refractivity contribution in [3.8, 4) is 5.69 Å². The number of rotatable bonds is 5. The molecule has 0 unspecified atom stereocenters. The molecule has 2 aromatic rings. The van der Waals surface area contributed by atoms with Gasteiger partial charge in [-0.05, 0) is 30.0 Å². The minimum absolute atomic E-state index is 0.608. The number of nitrogens with zero attached hydrogens (tertiary/aromatic N) is 2. The number of anilines is 1. The van der Waals surface area contributed by atoms with Crippen molar-refractivity contribution < 1.29 is 0 Å². The summed E-state index contributed by atoms with van der Waals surface area (Å²) >= 11 is 0. The highest BCUT2D eigenvalue weighted by atomic mass is 15.2. The molecule has 0 fully saturated rings. The Morgan fingerprint density at radius 2 is 2.17 bits per heavy atom. The monoisotopic (exact) mass is 243 g/mol. The fourth-order valence-corrected chi connectivity index (χ4v) is 1.86. The molecule has 0 bridgehead atoms. The second-order valence-corrected chi connectivity index (χ2v) is 4.92. The van der Waals surface area contributed by atoms with Gasteiger partial charge in [0.2, 0.25) is 5.95 Å². The van der Waals surface area contributed by atoms with Crippen LogP contribution in [0.5, 0.6) is 0 Å². The Bertz CT molecular complexity index is 500. The van der Waals surface area contributed by atoms with Gasteiger partial charge in [0.25, 0.3) is 0 Å². The predicted molar refractivity (Wildman–Crippen MR) is 76.3 cm³/mol. The summed E-state index contributed by atoms with van der Waals surface area (Å²) in [6, 6.07) is 8.58. The molecule has 0 spiro atoms. The lowest BCUT2D eigenvalue weighted by atomic mass is 10.1. The summed E-state index contributed by atoms with van der Waals surface area (Å²) in [4.78, 5) is 4.37. The second-order valence-electron chi connectivity index (χ2n) is 4.92. The third kappa shape index (κ3) is 2.92. The van der Waals surface area contributed by atoms with E-state index in [1.807, 2.05) is 12.4 Å². The first-order valence-corrected chi connectivity index (χ1v) is 6.57. The number of aromatic nitrogens is 2. The third-order valence-electron chi connectivity index (χ3n) is 2.91. The molecule has 0 aliphatic carbocycles. The maximum absolute atomic E-state index is 4.37. The van der Waals surface area contributed by atoms with Crippen molar-refractivity contribution in [1.29, 1.82) is 0 Å². The molecule has 0 saturated carbocycles. The predicted octanol–water partition coefficient (Wildman–Crippen LogP) is 3.50. The van der Waals surface area contributed by atoms with Crippen LogP contribution in [-0.4, -0.2) is 16.1 Å². The van der Waals surface area contributed by atoms with Crippen molar-refractivity contribution in [2.75, 3.05) is 11.9 Å². The van der Waals surface area contributed by atoms with Gasteiger partial charge in [0.05, 0.1) is 0 Å². The number of benzene rings is 1. The average molecular weight is 243 g/mol. The van der Waals surface area contributed by atoms with Gasteiger partial charge in [0, 0.05) is 24.6 Å². The van der Waals surface area contributed by atoms with Crippen molar-refractivity contribution >= 4 is 5.95 Å². The van der Waals surface area contributed by atoms with Crippen LogP contribution in [0, 0.1) is 5.92 Å². The fourth-order valence-electron chi connectivity index (χ4n) is 1.86. The molecular formula is C15H21N3. The summed E-state index contributed by atoms with van der Waals surface area (Å²) < 4.78 is 2.10. The molecular weight excluding hydrogens is 222 g/mol. The Morgan fingerprint density at radius 1 is 1.33 bits per heavy atom. The summed E-state index contributed by atoms with van der Waals surface area (Å²) in [5.74, 6) is 1.52. The molecule has 3 nitrogen and oxygen atoms in total. The van der Waals surface area contributed by atoms with E-state index in [0.717, 1.165) is 24.6 Å². The molecule has 1 N–H and O–H groups in total. The second kappa shape index (κ2) is 5.71. The largest absolute Gasteiger partial charge is 0.355 e. The number of hydrogen-bond donors (Lipinski definition) is 1. The zero-order chi connectivity index (χ0) is 13.0. The lowest BCUT2D eigenvalue weighted by Crippen LogP contribution is -2.12. The van der Waals surface area contributed by atoms with E-state index in [4.69, 9.17) is 0 Å². The van der Waals surface area contributed by atoms with Crippen molar-refractivity contribution in [1.82, 2.24) is 9.55 Å². The maximum Gasteiger partial charge on any atom is 0.207 e. The Hall–Kier alpha value is -1.77. The molecule has 1 heterocycles. The zero-order valence-corrected chi connectivity index (χ0v) is 11.4. The normalized spacial score (nSPS) is 10.9. The smallest absolute Gasteiger partial charge is 0.207 e. The van der Waals surface area contributed by atoms with Crippen LogP contribution in [0.25, 0.3) is 5.69 Å². The molecule has 0 radical (unpaired) electrons. The van der Waals surface area contributed by atoms with Crippen molar-refractivity contribution in [2.45, 2.75) is 27.2 Å². The minimum Gasteiger partial charge on any atom is -0.355 e. The van der Waals surface area contributed by atoms with Gasteiger partial charge in [0.15, 0.2) is 0 Å². The van der Waals surface area contributed by atoms with Gasteiger partial charge in [-0.1, -0.05) is 32.9 Å². The molecule has 1 aromatic carbocycles. The molecule has 1 aromatic heterocycles. The van der Waals surface area contributed by atoms with Gasteiger partial charge in [-0.15, -0.1) is 0 Å². The van der Waals surface area contributed by atoms with E-state index in [-0.39, 0.29) is 0 Å². The van der Waals surface area contributed by atoms with Crippen LogP contribution in [0.4, 0.5) is 5.95 Å². The first-order chi connectivity index (χ1) is 8.70. The third-order valence-corrected chi connectivity index (χ3v) is 2.91. The first-order valence-electron chi connectivity index (χ1n) is 6.57. The molecule has 18 heavy (non-hydrogen) atoms. The summed E-state index contributed by atoms with van der Waals surface area (Å²) in [6.45, 7) is 7.49. The SMILES string of the molecule is CCc1cccc(-n2ccnc2NCC(C)C)c1. The summed E-state index contributed by atoms with van der Waals surface area (Å²) in [5, 5.41) is 3.38. The molecule has 0 aliphatic rings. The van der Waals surface area contributed by atoms with E-state index in [0.29, 0.717) is 5.92 Å². The van der Waals surface area contributed by atoms with Crippen molar-refractivity contribution in [3.63, 3.8) is 0 Å². The first kappa shape index (κ1) is 12.7. The van der Waals surface area contributed by atoms with Gasteiger partial charge in [-0.3, -0.25) is 4.57 Å². The summed E-state index contributed by atoms with van der Waals surface area (Å²) in [6.07, 6.45) is 4.88. The minimum atomic E-state index is 0.608. The lowest BCUT2D eigenvalue weighted by molar-refractivity contribution is 0.683. The van der Waals surface area contributed by atoms with E-state index in [1.165, 1.54) is 5.56 Å². The van der Waals surface area contributed by atoms with Crippen molar-refractivity contribution in [3.05, 3.63) is 42.2 Å². The Kier molecular flexibility index (Phi) is 4.03. The van der Waals surface area contributed by atoms with Crippen LogP contribution in [0.1, 0.15) is 26.3 Å². The Labute approximate surface area is 109 Å². The summed E-state index contributed by atoms with van der Waals surface area (Å²) in [7, 11) is 0. The summed E-state index contributed by atoms with van der Waals surface area (Å²) in [5.41, 5.74) is 2.51. The molecule has 0 saturated heterocycles. The van der Waals surface area contributed by atoms with Crippen LogP contribution in [0.2, 0.25) is 0 Å². The molecule has 0 amide bonds. The van der Waals surface area contributed by atoms with Gasteiger partial charge in [0.1, 0.15) is 0 Å². The highest BCUT2D eigenvalue weighted by molar-refractivity contribution is 5.43. The number of nitrogens with one attached hydrogen (secondary N) is 1. The topological polar surface area (TPSA) is 29.9 Å².